The fourth-order valence-electron chi connectivity index (χ4n) is 3.30. The number of fused-ring (bicyclic) bond motifs is 2. The zero-order valence-electron chi connectivity index (χ0n) is 14.9. The average Bonchev–Trinajstić information content (AvgIpc) is 3.29. The predicted molar refractivity (Wildman–Crippen MR) is 106 cm³/mol. The molecule has 2 heterocycles. The number of para-hydroxylation sites is 2. The third-order valence-corrected chi connectivity index (χ3v) is 5.75. The van der Waals surface area contributed by atoms with Gasteiger partial charge in [-0.3, -0.25) is 9.59 Å². The number of aromatic nitrogens is 1. The molecule has 6 heteroatoms. The number of ether oxygens (including phenoxy) is 1. The number of thiazole rings is 1. The molecule has 0 spiro atoms. The molecule has 0 N–H and O–H groups in total. The molecule has 0 bridgehead atoms. The van der Waals surface area contributed by atoms with Crippen molar-refractivity contribution in [1.29, 1.82) is 0 Å². The van der Waals surface area contributed by atoms with Crippen LogP contribution in [0.25, 0.3) is 10.2 Å². The highest BCUT2D eigenvalue weighted by Gasteiger charge is 2.24. The maximum absolute atomic E-state index is 12.3. The Morgan fingerprint density at radius 2 is 1.93 bits per heavy atom. The molecule has 0 aliphatic carbocycles. The smallest absolute Gasteiger partial charge is 0.306 e. The Morgan fingerprint density at radius 1 is 1.11 bits per heavy atom. The lowest BCUT2D eigenvalue weighted by Crippen LogP contribution is -2.33. The lowest BCUT2D eigenvalue weighted by atomic mass is 10.2. The highest BCUT2D eigenvalue weighted by molar-refractivity contribution is 7.18. The summed E-state index contributed by atoms with van der Waals surface area (Å²) in [5.74, 6) is -0.503. The standard InChI is InChI=1S/C21H20N2O3S/c24-20(23-13-12-15-6-1-3-8-17(15)23)14-26-21(25)11-5-10-19-22-16-7-2-4-9-18(16)27-19/h1-4,6-9H,5,10-14H2. The second-order valence-corrected chi connectivity index (χ2v) is 7.63. The highest BCUT2D eigenvalue weighted by atomic mass is 32.1. The van der Waals surface area contributed by atoms with Gasteiger partial charge in [-0.05, 0) is 43.0 Å². The molecule has 0 unspecified atom stereocenters. The number of hydrogen-bond acceptors (Lipinski definition) is 5. The van der Waals surface area contributed by atoms with Crippen molar-refractivity contribution in [1.82, 2.24) is 4.98 Å². The van der Waals surface area contributed by atoms with Gasteiger partial charge in [-0.15, -0.1) is 11.3 Å². The van der Waals surface area contributed by atoms with E-state index < -0.39 is 0 Å². The van der Waals surface area contributed by atoms with Gasteiger partial charge in [0, 0.05) is 18.7 Å². The van der Waals surface area contributed by atoms with Crippen LogP contribution in [0.4, 0.5) is 5.69 Å². The SMILES string of the molecule is O=C(CCCc1nc2ccccc2s1)OCC(=O)N1CCc2ccccc21. The van der Waals surface area contributed by atoms with Crippen molar-refractivity contribution in [2.45, 2.75) is 25.7 Å². The summed E-state index contributed by atoms with van der Waals surface area (Å²) >= 11 is 1.65. The van der Waals surface area contributed by atoms with E-state index >= 15 is 0 Å². The van der Waals surface area contributed by atoms with Crippen LogP contribution in [-0.4, -0.2) is 30.0 Å². The molecule has 1 aliphatic rings. The molecule has 2 aromatic carbocycles. The van der Waals surface area contributed by atoms with Crippen molar-refractivity contribution in [3.8, 4) is 0 Å². The summed E-state index contributed by atoms with van der Waals surface area (Å²) in [4.78, 5) is 30.6. The Kier molecular flexibility index (Phi) is 5.16. The molecule has 0 atom stereocenters. The number of hydrogen-bond donors (Lipinski definition) is 0. The first kappa shape index (κ1) is 17.7. The van der Waals surface area contributed by atoms with E-state index in [1.165, 1.54) is 0 Å². The van der Waals surface area contributed by atoms with Gasteiger partial charge in [0.15, 0.2) is 6.61 Å². The van der Waals surface area contributed by atoms with Gasteiger partial charge in [0.1, 0.15) is 0 Å². The number of amides is 1. The third-order valence-electron chi connectivity index (χ3n) is 4.65. The van der Waals surface area contributed by atoms with Gasteiger partial charge in [-0.2, -0.15) is 0 Å². The van der Waals surface area contributed by atoms with Gasteiger partial charge < -0.3 is 9.64 Å². The Morgan fingerprint density at radius 3 is 2.81 bits per heavy atom. The topological polar surface area (TPSA) is 59.5 Å². The van der Waals surface area contributed by atoms with E-state index in [0.717, 1.165) is 39.3 Å². The second-order valence-electron chi connectivity index (χ2n) is 6.51. The molecular formula is C21H20N2O3S. The van der Waals surface area contributed by atoms with Crippen LogP contribution in [0.3, 0.4) is 0 Å². The molecule has 0 radical (unpaired) electrons. The maximum Gasteiger partial charge on any atom is 0.306 e. The van der Waals surface area contributed by atoms with E-state index in [1.54, 1.807) is 16.2 Å². The fraction of sp³-hybridized carbons (Fsp3) is 0.286. The van der Waals surface area contributed by atoms with Gasteiger partial charge in [0.25, 0.3) is 5.91 Å². The molecular weight excluding hydrogens is 360 g/mol. The van der Waals surface area contributed by atoms with Crippen LogP contribution in [0.2, 0.25) is 0 Å². The molecule has 0 saturated heterocycles. The molecule has 0 saturated carbocycles. The summed E-state index contributed by atoms with van der Waals surface area (Å²) in [6.45, 7) is 0.446. The second kappa shape index (κ2) is 7.88. The number of anilines is 1. The molecule has 0 fully saturated rings. The van der Waals surface area contributed by atoms with Gasteiger partial charge in [-0.1, -0.05) is 30.3 Å². The number of carbonyl (C=O) groups excluding carboxylic acids is 2. The van der Waals surface area contributed by atoms with Crippen LogP contribution in [-0.2, 0) is 27.2 Å². The maximum atomic E-state index is 12.3. The Balaban J connectivity index is 1.22. The van der Waals surface area contributed by atoms with Crippen molar-refractivity contribution < 1.29 is 14.3 Å². The summed E-state index contributed by atoms with van der Waals surface area (Å²) in [6.07, 6.45) is 2.54. The summed E-state index contributed by atoms with van der Waals surface area (Å²) in [5, 5.41) is 1.02. The van der Waals surface area contributed by atoms with Crippen molar-refractivity contribution in [2.75, 3.05) is 18.1 Å². The average molecular weight is 380 g/mol. The molecule has 27 heavy (non-hydrogen) atoms. The van der Waals surface area contributed by atoms with Crippen LogP contribution in [0.5, 0.6) is 0 Å². The Labute approximate surface area is 161 Å². The van der Waals surface area contributed by atoms with E-state index in [1.807, 2.05) is 48.5 Å². The normalized spacial score (nSPS) is 13.0. The lowest BCUT2D eigenvalue weighted by molar-refractivity contribution is -0.147. The van der Waals surface area contributed by atoms with Crippen LogP contribution >= 0.6 is 11.3 Å². The number of aryl methyl sites for hydroxylation is 1. The van der Waals surface area contributed by atoms with Gasteiger partial charge >= 0.3 is 5.97 Å². The highest BCUT2D eigenvalue weighted by Crippen LogP contribution is 2.27. The number of nitrogens with zero attached hydrogens (tertiary/aromatic N) is 2. The van der Waals surface area contributed by atoms with Crippen LogP contribution in [0.1, 0.15) is 23.4 Å². The van der Waals surface area contributed by atoms with E-state index in [4.69, 9.17) is 4.74 Å². The van der Waals surface area contributed by atoms with Crippen molar-refractivity contribution in [3.63, 3.8) is 0 Å². The van der Waals surface area contributed by atoms with Crippen LogP contribution < -0.4 is 4.90 Å². The first-order valence-corrected chi connectivity index (χ1v) is 9.91. The van der Waals surface area contributed by atoms with E-state index in [-0.39, 0.29) is 18.5 Å². The number of rotatable bonds is 6. The van der Waals surface area contributed by atoms with Crippen molar-refractivity contribution in [3.05, 3.63) is 59.1 Å². The van der Waals surface area contributed by atoms with Gasteiger partial charge in [0.2, 0.25) is 0 Å². The minimum absolute atomic E-state index is 0.167. The minimum Gasteiger partial charge on any atom is -0.456 e. The number of carbonyl (C=O) groups is 2. The molecule has 1 aliphatic heterocycles. The largest absolute Gasteiger partial charge is 0.456 e. The third kappa shape index (κ3) is 4.01. The van der Waals surface area contributed by atoms with Crippen LogP contribution in [0.15, 0.2) is 48.5 Å². The Bertz CT molecular complexity index is 949. The molecule has 5 nitrogen and oxygen atoms in total. The first-order valence-electron chi connectivity index (χ1n) is 9.09. The lowest BCUT2D eigenvalue weighted by Gasteiger charge is -2.17. The molecule has 138 valence electrons. The molecule has 1 amide bonds. The quantitative estimate of drug-likeness (QED) is 0.611. The van der Waals surface area contributed by atoms with Gasteiger partial charge in [-0.25, -0.2) is 4.98 Å². The molecule has 4 rings (SSSR count). The molecule has 3 aromatic rings. The first-order chi connectivity index (χ1) is 13.2. The number of benzene rings is 2. The zero-order chi connectivity index (χ0) is 18.6. The van der Waals surface area contributed by atoms with E-state index in [0.29, 0.717) is 19.4 Å². The summed E-state index contributed by atoms with van der Waals surface area (Å²) < 4.78 is 6.34. The van der Waals surface area contributed by atoms with Crippen LogP contribution in [0, 0.1) is 0 Å². The molecule has 1 aromatic heterocycles. The minimum atomic E-state index is -0.336. The van der Waals surface area contributed by atoms with E-state index in [9.17, 15) is 9.59 Å². The van der Waals surface area contributed by atoms with Gasteiger partial charge in [0.05, 0.1) is 15.2 Å². The number of esters is 1. The summed E-state index contributed by atoms with van der Waals surface area (Å²) in [6, 6.07) is 15.8. The van der Waals surface area contributed by atoms with E-state index in [2.05, 4.69) is 4.98 Å². The summed E-state index contributed by atoms with van der Waals surface area (Å²) in [7, 11) is 0. The monoisotopic (exact) mass is 380 g/mol. The predicted octanol–water partition coefficient (Wildman–Crippen LogP) is 3.75. The summed E-state index contributed by atoms with van der Waals surface area (Å²) in [5.41, 5.74) is 3.08. The van der Waals surface area contributed by atoms with Crippen molar-refractivity contribution >= 4 is 39.1 Å². The fourth-order valence-corrected chi connectivity index (χ4v) is 4.31. The van der Waals surface area contributed by atoms with Crippen molar-refractivity contribution in [2.24, 2.45) is 0 Å². The Hall–Kier alpha value is -2.73. The zero-order valence-corrected chi connectivity index (χ0v) is 15.7.